The fraction of sp³-hybridized carbons (Fsp3) is 0. The molecule has 0 heterocycles. The Hall–Kier alpha value is -1.77. The van der Waals surface area contributed by atoms with Crippen molar-refractivity contribution >= 4 is 10.8 Å². The molecule has 0 aliphatic rings. The Labute approximate surface area is 73.9 Å². The first-order valence-electron chi connectivity index (χ1n) is 3.79. The van der Waals surface area contributed by atoms with Gasteiger partial charge in [-0.3, -0.25) is 0 Å². The van der Waals surface area contributed by atoms with Crippen LogP contribution in [0, 0.1) is 5.82 Å². The summed E-state index contributed by atoms with van der Waals surface area (Å²) in [6.07, 6.45) is 0. The zero-order valence-corrected chi connectivity index (χ0v) is 6.66. The van der Waals surface area contributed by atoms with Gasteiger partial charge < -0.3 is 10.2 Å². The van der Waals surface area contributed by atoms with Crippen LogP contribution in [0.3, 0.4) is 0 Å². The molecule has 0 aromatic heterocycles. The van der Waals surface area contributed by atoms with Crippen LogP contribution in [-0.2, 0) is 0 Å². The highest BCUT2D eigenvalue weighted by atomic mass is 19.1. The van der Waals surface area contributed by atoms with Crippen molar-refractivity contribution in [2.75, 3.05) is 0 Å². The molecule has 0 amide bonds. The largest absolute Gasteiger partial charge is 0.507 e. The standard InChI is InChI=1S/C10H7FO2/c11-8-5-9(12)6-3-1-2-4-7(6)10(8)13/h1-5,12-13H. The first kappa shape index (κ1) is 7.86. The topological polar surface area (TPSA) is 40.5 Å². The SMILES string of the molecule is Oc1cc(F)c(O)c2ccccc12. The van der Waals surface area contributed by atoms with E-state index in [4.69, 9.17) is 0 Å². The van der Waals surface area contributed by atoms with E-state index in [0.717, 1.165) is 6.07 Å². The van der Waals surface area contributed by atoms with Crippen LogP contribution in [-0.4, -0.2) is 10.2 Å². The summed E-state index contributed by atoms with van der Waals surface area (Å²) in [5.74, 6) is -1.39. The van der Waals surface area contributed by atoms with E-state index in [0.29, 0.717) is 10.8 Å². The Bertz CT molecular complexity index is 466. The Balaban J connectivity index is 2.97. The van der Waals surface area contributed by atoms with Gasteiger partial charge in [-0.15, -0.1) is 0 Å². The predicted octanol–water partition coefficient (Wildman–Crippen LogP) is 2.39. The minimum Gasteiger partial charge on any atom is -0.507 e. The Morgan fingerprint density at radius 3 is 2.31 bits per heavy atom. The lowest BCUT2D eigenvalue weighted by Crippen LogP contribution is -1.80. The molecule has 2 aromatic rings. The predicted molar refractivity (Wildman–Crippen MR) is 47.2 cm³/mol. The van der Waals surface area contributed by atoms with Crippen LogP contribution < -0.4 is 0 Å². The van der Waals surface area contributed by atoms with Crippen molar-refractivity contribution in [2.24, 2.45) is 0 Å². The van der Waals surface area contributed by atoms with Gasteiger partial charge in [0, 0.05) is 16.8 Å². The van der Waals surface area contributed by atoms with Gasteiger partial charge in [0.15, 0.2) is 11.6 Å². The molecular weight excluding hydrogens is 171 g/mol. The lowest BCUT2D eigenvalue weighted by molar-refractivity contribution is 0.430. The fourth-order valence-electron chi connectivity index (χ4n) is 1.31. The molecule has 0 unspecified atom stereocenters. The summed E-state index contributed by atoms with van der Waals surface area (Å²) in [5, 5.41) is 19.4. The lowest BCUT2D eigenvalue weighted by Gasteiger charge is -2.03. The second-order valence-electron chi connectivity index (χ2n) is 2.77. The van der Waals surface area contributed by atoms with E-state index in [9.17, 15) is 14.6 Å². The van der Waals surface area contributed by atoms with Gasteiger partial charge in [-0.1, -0.05) is 24.3 Å². The van der Waals surface area contributed by atoms with E-state index in [1.54, 1.807) is 24.3 Å². The molecule has 13 heavy (non-hydrogen) atoms. The Morgan fingerprint density at radius 1 is 1.00 bits per heavy atom. The van der Waals surface area contributed by atoms with Crippen molar-refractivity contribution in [3.8, 4) is 11.5 Å². The van der Waals surface area contributed by atoms with Gasteiger partial charge in [-0.25, -0.2) is 4.39 Å². The molecule has 0 saturated carbocycles. The summed E-state index contributed by atoms with van der Waals surface area (Å²) in [7, 11) is 0. The van der Waals surface area contributed by atoms with Crippen molar-refractivity contribution in [1.29, 1.82) is 0 Å². The highest BCUT2D eigenvalue weighted by molar-refractivity contribution is 5.92. The molecule has 0 saturated heterocycles. The maximum Gasteiger partial charge on any atom is 0.169 e. The quantitative estimate of drug-likeness (QED) is 0.608. The number of rotatable bonds is 0. The molecule has 0 radical (unpaired) electrons. The van der Waals surface area contributed by atoms with Crippen molar-refractivity contribution < 1.29 is 14.6 Å². The van der Waals surface area contributed by atoms with Gasteiger partial charge in [-0.05, 0) is 0 Å². The Morgan fingerprint density at radius 2 is 1.62 bits per heavy atom. The maximum atomic E-state index is 12.9. The van der Waals surface area contributed by atoms with Crippen molar-refractivity contribution in [3.05, 3.63) is 36.1 Å². The van der Waals surface area contributed by atoms with E-state index in [1.807, 2.05) is 0 Å². The average molecular weight is 178 g/mol. The minimum absolute atomic E-state index is 0.161. The fourth-order valence-corrected chi connectivity index (χ4v) is 1.31. The summed E-state index contributed by atoms with van der Waals surface area (Å²) in [5.41, 5.74) is 0. The highest BCUT2D eigenvalue weighted by Gasteiger charge is 2.09. The van der Waals surface area contributed by atoms with Gasteiger partial charge in [0.2, 0.25) is 0 Å². The van der Waals surface area contributed by atoms with Gasteiger partial charge in [-0.2, -0.15) is 0 Å². The molecule has 0 bridgehead atoms. The third kappa shape index (κ3) is 1.09. The molecule has 3 heteroatoms. The zero-order valence-electron chi connectivity index (χ0n) is 6.66. The number of hydrogen-bond donors (Lipinski definition) is 2. The number of fused-ring (bicyclic) bond motifs is 1. The van der Waals surface area contributed by atoms with Crippen LogP contribution in [0.15, 0.2) is 30.3 Å². The van der Waals surface area contributed by atoms with Crippen molar-refractivity contribution in [3.63, 3.8) is 0 Å². The number of phenols is 2. The summed E-state index contributed by atoms with van der Waals surface area (Å²) >= 11 is 0. The van der Waals surface area contributed by atoms with E-state index >= 15 is 0 Å². The van der Waals surface area contributed by atoms with Crippen LogP contribution in [0.2, 0.25) is 0 Å². The minimum atomic E-state index is -0.809. The van der Waals surface area contributed by atoms with Crippen LogP contribution in [0.4, 0.5) is 4.39 Å². The molecule has 0 atom stereocenters. The molecule has 2 N–H and O–H groups in total. The summed E-state index contributed by atoms with van der Waals surface area (Å²) < 4.78 is 12.9. The van der Waals surface area contributed by atoms with Crippen LogP contribution in [0.25, 0.3) is 10.8 Å². The summed E-state index contributed by atoms with van der Waals surface area (Å²) in [6, 6.07) is 7.44. The monoisotopic (exact) mass is 178 g/mol. The van der Waals surface area contributed by atoms with Gasteiger partial charge in [0.1, 0.15) is 5.75 Å². The van der Waals surface area contributed by atoms with Gasteiger partial charge in [0.25, 0.3) is 0 Å². The van der Waals surface area contributed by atoms with E-state index in [1.165, 1.54) is 0 Å². The zero-order chi connectivity index (χ0) is 9.42. The summed E-state index contributed by atoms with van der Waals surface area (Å²) in [4.78, 5) is 0. The van der Waals surface area contributed by atoms with Gasteiger partial charge in [0.05, 0.1) is 0 Å². The van der Waals surface area contributed by atoms with E-state index in [-0.39, 0.29) is 5.75 Å². The molecule has 66 valence electrons. The van der Waals surface area contributed by atoms with Gasteiger partial charge >= 0.3 is 0 Å². The number of phenolic OH excluding ortho intramolecular Hbond substituents is 2. The van der Waals surface area contributed by atoms with Crippen LogP contribution >= 0.6 is 0 Å². The second kappa shape index (κ2) is 2.62. The molecule has 2 nitrogen and oxygen atoms in total. The van der Waals surface area contributed by atoms with Crippen LogP contribution in [0.5, 0.6) is 11.5 Å². The van der Waals surface area contributed by atoms with Crippen LogP contribution in [0.1, 0.15) is 0 Å². The molecule has 2 aromatic carbocycles. The molecule has 0 aliphatic heterocycles. The molecular formula is C10H7FO2. The third-order valence-corrected chi connectivity index (χ3v) is 1.95. The molecule has 0 fully saturated rings. The first-order chi connectivity index (χ1) is 6.20. The van der Waals surface area contributed by atoms with E-state index < -0.39 is 11.6 Å². The third-order valence-electron chi connectivity index (χ3n) is 1.95. The lowest BCUT2D eigenvalue weighted by atomic mass is 10.1. The van der Waals surface area contributed by atoms with Crippen molar-refractivity contribution in [2.45, 2.75) is 0 Å². The summed E-state index contributed by atoms with van der Waals surface area (Å²) in [6.45, 7) is 0. The van der Waals surface area contributed by atoms with E-state index in [2.05, 4.69) is 0 Å². The number of hydrogen-bond acceptors (Lipinski definition) is 2. The average Bonchev–Trinajstić information content (AvgIpc) is 2.15. The number of halogens is 1. The second-order valence-corrected chi connectivity index (χ2v) is 2.77. The van der Waals surface area contributed by atoms with Crippen molar-refractivity contribution in [1.82, 2.24) is 0 Å². The molecule has 0 aliphatic carbocycles. The Kier molecular flexibility index (Phi) is 1.59. The highest BCUT2D eigenvalue weighted by Crippen LogP contribution is 2.33. The molecule has 2 rings (SSSR count). The number of aromatic hydroxyl groups is 2. The maximum absolute atomic E-state index is 12.9. The normalized spacial score (nSPS) is 10.5. The number of benzene rings is 2. The first-order valence-corrected chi connectivity index (χ1v) is 3.79. The smallest absolute Gasteiger partial charge is 0.169 e. The molecule has 0 spiro atoms.